The Bertz CT molecular complexity index is 1360. The molecular formula is C33H39FN4O3. The first-order chi connectivity index (χ1) is 19.9. The van der Waals surface area contributed by atoms with Crippen molar-refractivity contribution in [2.45, 2.75) is 39.5 Å². The van der Waals surface area contributed by atoms with E-state index in [4.69, 9.17) is 0 Å². The number of anilines is 2. The number of nitrogens with one attached hydrogen (secondary N) is 1. The fourth-order valence-corrected chi connectivity index (χ4v) is 5.41. The van der Waals surface area contributed by atoms with E-state index in [0.717, 1.165) is 24.1 Å². The first-order valence-corrected chi connectivity index (χ1v) is 14.4. The molecule has 1 atom stereocenters. The predicted octanol–water partition coefficient (Wildman–Crippen LogP) is 5.79. The SMILES string of the molecule is CC[C@H](C(=O)N1CCCN(c2ccc(NC(=O)c3cccc(F)c3)cc2C(=O)N(CC)CC)CC1)c1ccccc1. The van der Waals surface area contributed by atoms with E-state index >= 15 is 0 Å². The first kappa shape index (κ1) is 29.8. The van der Waals surface area contributed by atoms with Gasteiger partial charge in [0, 0.05) is 56.2 Å². The third kappa shape index (κ3) is 7.12. The summed E-state index contributed by atoms with van der Waals surface area (Å²) in [5.41, 5.74) is 2.95. The Hall–Kier alpha value is -4.20. The summed E-state index contributed by atoms with van der Waals surface area (Å²) in [6.45, 7) is 9.50. The third-order valence-electron chi connectivity index (χ3n) is 7.68. The van der Waals surface area contributed by atoms with E-state index < -0.39 is 11.7 Å². The lowest BCUT2D eigenvalue weighted by Gasteiger charge is -2.29. The zero-order chi connectivity index (χ0) is 29.4. The zero-order valence-corrected chi connectivity index (χ0v) is 24.1. The molecule has 1 heterocycles. The van der Waals surface area contributed by atoms with Crippen LogP contribution in [-0.2, 0) is 4.79 Å². The highest BCUT2D eigenvalue weighted by Crippen LogP contribution is 2.29. The van der Waals surface area contributed by atoms with Gasteiger partial charge in [-0.2, -0.15) is 0 Å². The summed E-state index contributed by atoms with van der Waals surface area (Å²) >= 11 is 0. The number of nitrogens with zero attached hydrogens (tertiary/aromatic N) is 3. The van der Waals surface area contributed by atoms with Gasteiger partial charge in [0.1, 0.15) is 5.82 Å². The van der Waals surface area contributed by atoms with Crippen LogP contribution < -0.4 is 10.2 Å². The maximum atomic E-state index is 13.7. The Morgan fingerprint density at radius 3 is 2.32 bits per heavy atom. The van der Waals surface area contributed by atoms with E-state index in [1.165, 1.54) is 18.2 Å². The van der Waals surface area contributed by atoms with Crippen molar-refractivity contribution in [2.75, 3.05) is 49.5 Å². The number of benzene rings is 3. The molecule has 1 aliphatic heterocycles. The fraction of sp³-hybridized carbons (Fsp3) is 0.364. The second-order valence-corrected chi connectivity index (χ2v) is 10.2. The van der Waals surface area contributed by atoms with Crippen molar-refractivity contribution in [1.82, 2.24) is 9.80 Å². The Kier molecular flexibility index (Phi) is 10.1. The molecule has 8 heteroatoms. The first-order valence-electron chi connectivity index (χ1n) is 14.4. The standard InChI is InChI=1S/C33H39FN4O3/c1-4-28(24-12-8-7-9-13-24)32(40)38-19-11-18-37(20-21-38)30-17-16-27(23-29(30)33(41)36(5-2)6-3)35-31(39)25-14-10-15-26(34)22-25/h7-10,12-17,22-23,28H,4-6,11,18-21H2,1-3H3,(H,35,39)/t28-/m0/s1. The van der Waals surface area contributed by atoms with Crippen LogP contribution in [0.15, 0.2) is 72.8 Å². The molecule has 0 saturated carbocycles. The second kappa shape index (κ2) is 13.9. The topological polar surface area (TPSA) is 73.0 Å². The van der Waals surface area contributed by atoms with Crippen molar-refractivity contribution in [3.8, 4) is 0 Å². The number of hydrogen-bond donors (Lipinski definition) is 1. The highest BCUT2D eigenvalue weighted by Gasteiger charge is 2.28. The highest BCUT2D eigenvalue weighted by molar-refractivity contribution is 6.06. The number of halogens is 1. The molecule has 1 fully saturated rings. The number of hydrogen-bond acceptors (Lipinski definition) is 4. The minimum atomic E-state index is -0.492. The van der Waals surface area contributed by atoms with Gasteiger partial charge in [-0.1, -0.05) is 43.3 Å². The van der Waals surface area contributed by atoms with Gasteiger partial charge in [0.15, 0.2) is 0 Å². The number of carbonyl (C=O) groups excluding carboxylic acids is 3. The van der Waals surface area contributed by atoms with Gasteiger partial charge in [0.05, 0.1) is 11.5 Å². The zero-order valence-electron chi connectivity index (χ0n) is 24.1. The number of rotatable bonds is 9. The van der Waals surface area contributed by atoms with E-state index in [2.05, 4.69) is 10.2 Å². The maximum absolute atomic E-state index is 13.7. The van der Waals surface area contributed by atoms with Gasteiger partial charge in [0.25, 0.3) is 11.8 Å². The highest BCUT2D eigenvalue weighted by atomic mass is 19.1. The average molecular weight is 559 g/mol. The minimum absolute atomic E-state index is 0.126. The smallest absolute Gasteiger partial charge is 0.256 e. The second-order valence-electron chi connectivity index (χ2n) is 10.2. The molecule has 0 aliphatic carbocycles. The Morgan fingerprint density at radius 2 is 1.63 bits per heavy atom. The summed E-state index contributed by atoms with van der Waals surface area (Å²) in [5.74, 6) is -1.11. The molecule has 3 amide bonds. The summed E-state index contributed by atoms with van der Waals surface area (Å²) in [6, 6.07) is 20.7. The molecule has 0 unspecified atom stereocenters. The van der Waals surface area contributed by atoms with Crippen molar-refractivity contribution in [3.05, 3.63) is 95.3 Å². The molecule has 0 spiro atoms. The molecule has 0 bridgehead atoms. The molecular weight excluding hydrogens is 519 g/mol. The molecule has 41 heavy (non-hydrogen) atoms. The molecule has 0 radical (unpaired) electrons. The van der Waals surface area contributed by atoms with E-state index in [9.17, 15) is 18.8 Å². The van der Waals surface area contributed by atoms with Gasteiger partial charge in [-0.3, -0.25) is 14.4 Å². The molecule has 4 rings (SSSR count). The van der Waals surface area contributed by atoms with Gasteiger partial charge < -0.3 is 20.0 Å². The molecule has 1 N–H and O–H groups in total. The predicted molar refractivity (Wildman–Crippen MR) is 161 cm³/mol. The van der Waals surface area contributed by atoms with Crippen LogP contribution in [0.4, 0.5) is 15.8 Å². The van der Waals surface area contributed by atoms with Crippen LogP contribution in [0.3, 0.4) is 0 Å². The fourth-order valence-electron chi connectivity index (χ4n) is 5.41. The molecule has 1 saturated heterocycles. The van der Waals surface area contributed by atoms with Crippen molar-refractivity contribution >= 4 is 29.1 Å². The summed E-state index contributed by atoms with van der Waals surface area (Å²) in [4.78, 5) is 45.8. The van der Waals surface area contributed by atoms with Crippen LogP contribution in [0.25, 0.3) is 0 Å². The Balaban J connectivity index is 1.57. The number of carbonyl (C=O) groups is 3. The van der Waals surface area contributed by atoms with Crippen LogP contribution in [0.2, 0.25) is 0 Å². The number of amides is 3. The summed E-state index contributed by atoms with van der Waals surface area (Å²) in [6.07, 6.45) is 1.50. The average Bonchev–Trinajstić information content (AvgIpc) is 3.25. The van der Waals surface area contributed by atoms with Crippen LogP contribution in [0.5, 0.6) is 0 Å². The van der Waals surface area contributed by atoms with E-state index in [1.54, 1.807) is 23.1 Å². The van der Waals surface area contributed by atoms with E-state index in [1.807, 2.05) is 62.1 Å². The van der Waals surface area contributed by atoms with Crippen molar-refractivity contribution < 1.29 is 18.8 Å². The van der Waals surface area contributed by atoms with E-state index in [0.29, 0.717) is 50.5 Å². The normalized spacial score (nSPS) is 14.2. The van der Waals surface area contributed by atoms with E-state index in [-0.39, 0.29) is 23.3 Å². The largest absolute Gasteiger partial charge is 0.369 e. The van der Waals surface area contributed by atoms with Crippen LogP contribution in [0.1, 0.15) is 65.8 Å². The summed E-state index contributed by atoms with van der Waals surface area (Å²) < 4.78 is 13.7. The lowest BCUT2D eigenvalue weighted by molar-refractivity contribution is -0.132. The molecule has 216 valence electrons. The van der Waals surface area contributed by atoms with Crippen molar-refractivity contribution in [3.63, 3.8) is 0 Å². The maximum Gasteiger partial charge on any atom is 0.256 e. The van der Waals surface area contributed by atoms with Gasteiger partial charge in [-0.05, 0) is 68.7 Å². The van der Waals surface area contributed by atoms with Gasteiger partial charge in [-0.15, -0.1) is 0 Å². The van der Waals surface area contributed by atoms with Gasteiger partial charge >= 0.3 is 0 Å². The Morgan fingerprint density at radius 1 is 0.878 bits per heavy atom. The van der Waals surface area contributed by atoms with Crippen LogP contribution in [-0.4, -0.2) is 66.8 Å². The van der Waals surface area contributed by atoms with Gasteiger partial charge in [-0.25, -0.2) is 4.39 Å². The third-order valence-corrected chi connectivity index (χ3v) is 7.68. The molecule has 1 aliphatic rings. The lowest BCUT2D eigenvalue weighted by Crippen LogP contribution is -2.38. The monoisotopic (exact) mass is 558 g/mol. The minimum Gasteiger partial charge on any atom is -0.369 e. The molecule has 3 aromatic rings. The molecule has 0 aromatic heterocycles. The van der Waals surface area contributed by atoms with Crippen molar-refractivity contribution in [2.24, 2.45) is 0 Å². The Labute approximate surface area is 241 Å². The molecule has 3 aromatic carbocycles. The van der Waals surface area contributed by atoms with Crippen LogP contribution in [0, 0.1) is 5.82 Å². The van der Waals surface area contributed by atoms with Crippen LogP contribution >= 0.6 is 0 Å². The summed E-state index contributed by atoms with van der Waals surface area (Å²) in [7, 11) is 0. The molecule has 7 nitrogen and oxygen atoms in total. The van der Waals surface area contributed by atoms with Gasteiger partial charge in [0.2, 0.25) is 5.91 Å². The summed E-state index contributed by atoms with van der Waals surface area (Å²) in [5, 5.41) is 2.81. The lowest BCUT2D eigenvalue weighted by atomic mass is 9.95. The quantitative estimate of drug-likeness (QED) is 0.361. The van der Waals surface area contributed by atoms with Crippen molar-refractivity contribution in [1.29, 1.82) is 0 Å².